The van der Waals surface area contributed by atoms with Gasteiger partial charge in [-0.25, -0.2) is 4.79 Å². The van der Waals surface area contributed by atoms with E-state index in [-0.39, 0.29) is 0 Å². The van der Waals surface area contributed by atoms with Gasteiger partial charge in [-0.15, -0.1) is 11.8 Å². The molecule has 0 saturated carbocycles. The first-order valence-corrected chi connectivity index (χ1v) is 6.17. The highest BCUT2D eigenvalue weighted by Crippen LogP contribution is 2.26. The van der Waals surface area contributed by atoms with Crippen molar-refractivity contribution in [1.29, 1.82) is 0 Å². The molecule has 1 aromatic rings. The molecule has 0 aliphatic carbocycles. The monoisotopic (exact) mass is 259 g/mol. The predicted octanol–water partition coefficient (Wildman–Crippen LogP) is 2.69. The fourth-order valence-corrected chi connectivity index (χ4v) is 2.56. The molecule has 0 aliphatic rings. The highest BCUT2D eigenvalue weighted by atomic mass is 35.5. The number of nitrogens with zero attached hydrogens (tertiary/aromatic N) is 1. The average Bonchev–Trinajstić information content (AvgIpc) is 2.16. The van der Waals surface area contributed by atoms with Crippen LogP contribution in [0.1, 0.15) is 10.4 Å². The zero-order chi connectivity index (χ0) is 12.1. The molecule has 0 aromatic heterocycles. The van der Waals surface area contributed by atoms with Crippen molar-refractivity contribution < 1.29 is 9.90 Å². The van der Waals surface area contributed by atoms with Gasteiger partial charge in [0.05, 0.1) is 5.56 Å². The van der Waals surface area contributed by atoms with Gasteiger partial charge in [0, 0.05) is 22.2 Å². The maximum atomic E-state index is 11.0. The first kappa shape index (κ1) is 13.4. The molecule has 0 atom stereocenters. The number of aromatic carboxylic acids is 1. The Balaban J connectivity index is 2.76. The zero-order valence-corrected chi connectivity index (χ0v) is 10.8. The molecular formula is C11H14ClNO2S. The van der Waals surface area contributed by atoms with E-state index in [4.69, 9.17) is 16.7 Å². The molecule has 1 rings (SSSR count). The highest BCUT2D eigenvalue weighted by Gasteiger charge is 2.10. The van der Waals surface area contributed by atoms with Crippen molar-refractivity contribution in [2.75, 3.05) is 26.4 Å². The maximum Gasteiger partial charge on any atom is 0.336 e. The van der Waals surface area contributed by atoms with Crippen LogP contribution in [0.4, 0.5) is 0 Å². The third kappa shape index (κ3) is 4.04. The Kier molecular flexibility index (Phi) is 5.12. The lowest BCUT2D eigenvalue weighted by Gasteiger charge is -2.10. The Morgan fingerprint density at radius 2 is 2.19 bits per heavy atom. The molecule has 0 saturated heterocycles. The fraction of sp³-hybridized carbons (Fsp3) is 0.364. The van der Waals surface area contributed by atoms with Crippen molar-refractivity contribution in [1.82, 2.24) is 4.90 Å². The van der Waals surface area contributed by atoms with Gasteiger partial charge in [0.1, 0.15) is 0 Å². The normalized spacial score (nSPS) is 10.8. The van der Waals surface area contributed by atoms with Gasteiger partial charge in [0.15, 0.2) is 0 Å². The summed E-state index contributed by atoms with van der Waals surface area (Å²) in [4.78, 5) is 13.7. The molecule has 0 spiro atoms. The summed E-state index contributed by atoms with van der Waals surface area (Å²) in [6.07, 6.45) is 0. The first-order chi connectivity index (χ1) is 7.50. The van der Waals surface area contributed by atoms with Crippen LogP contribution in [0, 0.1) is 0 Å². The summed E-state index contributed by atoms with van der Waals surface area (Å²) in [5.74, 6) is -0.0720. The van der Waals surface area contributed by atoms with Gasteiger partial charge in [-0.1, -0.05) is 11.6 Å². The number of benzene rings is 1. The SMILES string of the molecule is CN(C)CCSc1cc(Cl)ccc1C(=O)O. The van der Waals surface area contributed by atoms with E-state index in [0.29, 0.717) is 10.6 Å². The summed E-state index contributed by atoms with van der Waals surface area (Å²) in [5.41, 5.74) is 0.313. The molecule has 0 bridgehead atoms. The van der Waals surface area contributed by atoms with E-state index in [0.717, 1.165) is 17.2 Å². The van der Waals surface area contributed by atoms with Crippen molar-refractivity contribution in [2.45, 2.75) is 4.90 Å². The fourth-order valence-electron chi connectivity index (χ4n) is 1.13. The van der Waals surface area contributed by atoms with E-state index in [9.17, 15) is 4.79 Å². The van der Waals surface area contributed by atoms with Crippen molar-refractivity contribution in [2.24, 2.45) is 0 Å². The largest absolute Gasteiger partial charge is 0.478 e. The number of rotatable bonds is 5. The average molecular weight is 260 g/mol. The first-order valence-electron chi connectivity index (χ1n) is 4.81. The van der Waals surface area contributed by atoms with Crippen LogP contribution >= 0.6 is 23.4 Å². The Hall–Kier alpha value is -0.710. The quantitative estimate of drug-likeness (QED) is 0.826. The lowest BCUT2D eigenvalue weighted by Crippen LogP contribution is -2.15. The molecule has 16 heavy (non-hydrogen) atoms. The molecule has 1 aromatic carbocycles. The van der Waals surface area contributed by atoms with Crippen LogP contribution in [0.3, 0.4) is 0 Å². The molecular weight excluding hydrogens is 246 g/mol. The van der Waals surface area contributed by atoms with E-state index in [1.165, 1.54) is 11.8 Å². The van der Waals surface area contributed by atoms with Crippen LogP contribution in [-0.4, -0.2) is 42.4 Å². The van der Waals surface area contributed by atoms with Gasteiger partial charge < -0.3 is 10.0 Å². The molecule has 3 nitrogen and oxygen atoms in total. The van der Waals surface area contributed by atoms with Crippen molar-refractivity contribution in [3.63, 3.8) is 0 Å². The molecule has 0 fully saturated rings. The minimum atomic E-state index is -0.913. The number of hydrogen-bond acceptors (Lipinski definition) is 3. The van der Waals surface area contributed by atoms with Crippen LogP contribution in [0.25, 0.3) is 0 Å². The summed E-state index contributed by atoms with van der Waals surface area (Å²) in [6.45, 7) is 0.899. The van der Waals surface area contributed by atoms with Crippen LogP contribution in [0.5, 0.6) is 0 Å². The third-order valence-corrected chi connectivity index (χ3v) is 3.24. The van der Waals surface area contributed by atoms with Gasteiger partial charge >= 0.3 is 5.97 Å². The van der Waals surface area contributed by atoms with Gasteiger partial charge in [-0.3, -0.25) is 0 Å². The van der Waals surface area contributed by atoms with Crippen molar-refractivity contribution >= 4 is 29.3 Å². The van der Waals surface area contributed by atoms with E-state index < -0.39 is 5.97 Å². The van der Waals surface area contributed by atoms with Gasteiger partial charge in [-0.2, -0.15) is 0 Å². The number of carboxylic acid groups (broad SMARTS) is 1. The Morgan fingerprint density at radius 3 is 2.75 bits per heavy atom. The smallest absolute Gasteiger partial charge is 0.336 e. The second-order valence-corrected chi connectivity index (χ2v) is 5.17. The minimum absolute atomic E-state index is 0.313. The third-order valence-electron chi connectivity index (χ3n) is 1.97. The maximum absolute atomic E-state index is 11.0. The number of hydrogen-bond donors (Lipinski definition) is 1. The summed E-state index contributed by atoms with van der Waals surface area (Å²) in [7, 11) is 3.97. The second kappa shape index (κ2) is 6.13. The topological polar surface area (TPSA) is 40.5 Å². The Morgan fingerprint density at radius 1 is 1.50 bits per heavy atom. The molecule has 88 valence electrons. The second-order valence-electron chi connectivity index (χ2n) is 3.60. The number of thioether (sulfide) groups is 1. The highest BCUT2D eigenvalue weighted by molar-refractivity contribution is 7.99. The van der Waals surface area contributed by atoms with Gasteiger partial charge in [-0.05, 0) is 32.3 Å². The minimum Gasteiger partial charge on any atom is -0.478 e. The van der Waals surface area contributed by atoms with E-state index >= 15 is 0 Å². The van der Waals surface area contributed by atoms with Crippen LogP contribution < -0.4 is 0 Å². The van der Waals surface area contributed by atoms with E-state index in [1.807, 2.05) is 14.1 Å². The predicted molar refractivity (Wildman–Crippen MR) is 67.7 cm³/mol. The van der Waals surface area contributed by atoms with Crippen LogP contribution in [-0.2, 0) is 0 Å². The summed E-state index contributed by atoms with van der Waals surface area (Å²) >= 11 is 7.36. The standard InChI is InChI=1S/C11H14ClNO2S/c1-13(2)5-6-16-10-7-8(12)3-4-9(10)11(14)15/h3-4,7H,5-6H2,1-2H3,(H,14,15). The zero-order valence-electron chi connectivity index (χ0n) is 9.24. The molecule has 0 radical (unpaired) electrons. The lowest BCUT2D eigenvalue weighted by atomic mass is 10.2. The number of carboxylic acids is 1. The van der Waals surface area contributed by atoms with Gasteiger partial charge in [0.25, 0.3) is 0 Å². The number of halogens is 1. The molecule has 5 heteroatoms. The summed E-state index contributed by atoms with van der Waals surface area (Å²) in [5, 5.41) is 9.57. The van der Waals surface area contributed by atoms with Crippen molar-refractivity contribution in [3.05, 3.63) is 28.8 Å². The van der Waals surface area contributed by atoms with Crippen molar-refractivity contribution in [3.8, 4) is 0 Å². The number of carbonyl (C=O) groups is 1. The molecule has 1 N–H and O–H groups in total. The van der Waals surface area contributed by atoms with Crippen LogP contribution in [0.2, 0.25) is 5.02 Å². The summed E-state index contributed by atoms with van der Waals surface area (Å²) in [6, 6.07) is 4.84. The van der Waals surface area contributed by atoms with Crippen LogP contribution in [0.15, 0.2) is 23.1 Å². The molecule has 0 aliphatic heterocycles. The molecule has 0 heterocycles. The van der Waals surface area contributed by atoms with E-state index in [1.54, 1.807) is 18.2 Å². The Bertz CT molecular complexity index is 382. The van der Waals surface area contributed by atoms with E-state index in [2.05, 4.69) is 4.90 Å². The molecule has 0 unspecified atom stereocenters. The summed E-state index contributed by atoms with van der Waals surface area (Å²) < 4.78 is 0. The lowest BCUT2D eigenvalue weighted by molar-refractivity contribution is 0.0693. The Labute approximate surface area is 104 Å². The molecule has 0 amide bonds. The van der Waals surface area contributed by atoms with Gasteiger partial charge in [0.2, 0.25) is 0 Å².